The van der Waals surface area contributed by atoms with Crippen LogP contribution in [0.1, 0.15) is 5.69 Å². The fraction of sp³-hybridized carbons (Fsp3) is 0.304. The number of carbonyl (C=O) groups is 1. The van der Waals surface area contributed by atoms with Crippen molar-refractivity contribution in [2.24, 2.45) is 0 Å². The van der Waals surface area contributed by atoms with Crippen LogP contribution < -0.4 is 10.1 Å². The molecule has 0 unspecified atom stereocenters. The van der Waals surface area contributed by atoms with E-state index in [1.165, 1.54) is 0 Å². The van der Waals surface area contributed by atoms with Gasteiger partial charge in [0.25, 0.3) is 0 Å². The van der Waals surface area contributed by atoms with Gasteiger partial charge >= 0.3 is 6.03 Å². The number of carbonyl (C=O) groups excluding carboxylic acids is 1. The van der Waals surface area contributed by atoms with Crippen LogP contribution in [0, 0.1) is 6.92 Å². The number of aryl methyl sites for hydroxylation is 1. The zero-order valence-corrected chi connectivity index (χ0v) is 17.2. The summed E-state index contributed by atoms with van der Waals surface area (Å²) in [5.74, 6) is 0.892. The summed E-state index contributed by atoms with van der Waals surface area (Å²) in [5.41, 5.74) is 2.75. The van der Waals surface area contributed by atoms with E-state index in [2.05, 4.69) is 15.3 Å². The van der Waals surface area contributed by atoms with Crippen molar-refractivity contribution < 1.29 is 9.53 Å². The summed E-state index contributed by atoms with van der Waals surface area (Å²) >= 11 is 0. The molecule has 7 heteroatoms. The minimum Gasteiger partial charge on any atom is -0.492 e. The van der Waals surface area contributed by atoms with Gasteiger partial charge in [0.2, 0.25) is 0 Å². The number of para-hydroxylation sites is 1. The molecule has 2 amide bonds. The Bertz CT molecular complexity index is 964. The van der Waals surface area contributed by atoms with Gasteiger partial charge in [-0.05, 0) is 43.3 Å². The molecule has 7 nitrogen and oxygen atoms in total. The summed E-state index contributed by atoms with van der Waals surface area (Å²) in [6, 6.07) is 19.5. The highest BCUT2D eigenvalue weighted by Crippen LogP contribution is 2.17. The highest BCUT2D eigenvalue weighted by atomic mass is 16.5. The van der Waals surface area contributed by atoms with E-state index in [1.807, 2.05) is 77.2 Å². The van der Waals surface area contributed by atoms with E-state index in [0.29, 0.717) is 19.7 Å². The van der Waals surface area contributed by atoms with Crippen molar-refractivity contribution in [2.75, 3.05) is 44.6 Å². The summed E-state index contributed by atoms with van der Waals surface area (Å²) in [6.45, 7) is 6.61. The van der Waals surface area contributed by atoms with Gasteiger partial charge in [-0.2, -0.15) is 5.10 Å². The molecule has 0 radical (unpaired) electrons. The maximum atomic E-state index is 12.7. The quantitative estimate of drug-likeness (QED) is 0.683. The molecule has 0 atom stereocenters. The van der Waals surface area contributed by atoms with Crippen molar-refractivity contribution in [3.05, 3.63) is 72.6 Å². The van der Waals surface area contributed by atoms with Crippen LogP contribution in [0.5, 0.6) is 5.75 Å². The molecule has 3 aromatic rings. The van der Waals surface area contributed by atoms with Gasteiger partial charge in [0.1, 0.15) is 12.4 Å². The van der Waals surface area contributed by atoms with E-state index in [0.717, 1.165) is 42.5 Å². The number of aromatic nitrogens is 2. The number of rotatable bonds is 6. The fourth-order valence-electron chi connectivity index (χ4n) is 3.54. The van der Waals surface area contributed by atoms with Crippen LogP contribution in [0.3, 0.4) is 0 Å². The maximum Gasteiger partial charge on any atom is 0.321 e. The van der Waals surface area contributed by atoms with Crippen LogP contribution in [0.2, 0.25) is 0 Å². The smallest absolute Gasteiger partial charge is 0.321 e. The number of hydrogen-bond acceptors (Lipinski definition) is 4. The second kappa shape index (κ2) is 9.45. The van der Waals surface area contributed by atoms with Gasteiger partial charge in [0.05, 0.1) is 5.69 Å². The first kappa shape index (κ1) is 20.0. The predicted molar refractivity (Wildman–Crippen MR) is 117 cm³/mol. The van der Waals surface area contributed by atoms with Crippen molar-refractivity contribution in [1.82, 2.24) is 19.6 Å². The Hall–Kier alpha value is -3.32. The fourth-order valence-corrected chi connectivity index (χ4v) is 3.54. The summed E-state index contributed by atoms with van der Waals surface area (Å²) in [7, 11) is 0. The molecule has 2 aromatic carbocycles. The molecule has 30 heavy (non-hydrogen) atoms. The summed E-state index contributed by atoms with van der Waals surface area (Å²) in [5, 5.41) is 7.34. The lowest BCUT2D eigenvalue weighted by Gasteiger charge is -2.34. The van der Waals surface area contributed by atoms with Crippen LogP contribution in [0.4, 0.5) is 10.5 Å². The van der Waals surface area contributed by atoms with E-state index >= 15 is 0 Å². The largest absolute Gasteiger partial charge is 0.492 e. The lowest BCUT2D eigenvalue weighted by molar-refractivity contribution is 0.132. The average Bonchev–Trinajstić information content (AvgIpc) is 3.21. The Kier molecular flexibility index (Phi) is 6.29. The van der Waals surface area contributed by atoms with Crippen molar-refractivity contribution >= 4 is 11.7 Å². The molecule has 1 aliphatic rings. The average molecular weight is 406 g/mol. The third-order valence-electron chi connectivity index (χ3n) is 5.25. The first-order chi connectivity index (χ1) is 14.7. The normalized spacial score (nSPS) is 14.5. The Morgan fingerprint density at radius 2 is 1.83 bits per heavy atom. The Balaban J connectivity index is 1.24. The van der Waals surface area contributed by atoms with Crippen molar-refractivity contribution in [3.8, 4) is 11.4 Å². The Labute approximate surface area is 176 Å². The van der Waals surface area contributed by atoms with Crippen molar-refractivity contribution in [1.29, 1.82) is 0 Å². The summed E-state index contributed by atoms with van der Waals surface area (Å²) in [6.07, 6.45) is 1.77. The predicted octanol–water partition coefficient (Wildman–Crippen LogP) is 3.41. The first-order valence-corrected chi connectivity index (χ1v) is 10.3. The third-order valence-corrected chi connectivity index (χ3v) is 5.25. The highest BCUT2D eigenvalue weighted by Gasteiger charge is 2.21. The van der Waals surface area contributed by atoms with Crippen molar-refractivity contribution in [3.63, 3.8) is 0 Å². The number of nitrogens with one attached hydrogen (secondary N) is 1. The monoisotopic (exact) mass is 405 g/mol. The molecule has 156 valence electrons. The molecule has 0 bridgehead atoms. The zero-order chi connectivity index (χ0) is 20.8. The molecule has 0 spiro atoms. The van der Waals surface area contributed by atoms with Gasteiger partial charge in [-0.15, -0.1) is 0 Å². The number of benzene rings is 2. The first-order valence-electron chi connectivity index (χ1n) is 10.3. The number of hydrogen-bond donors (Lipinski definition) is 1. The van der Waals surface area contributed by atoms with Crippen LogP contribution >= 0.6 is 0 Å². The molecular weight excluding hydrogens is 378 g/mol. The molecule has 1 aromatic heterocycles. The Morgan fingerprint density at radius 1 is 1.03 bits per heavy atom. The molecule has 1 N–H and O–H groups in total. The highest BCUT2D eigenvalue weighted by molar-refractivity contribution is 5.89. The Morgan fingerprint density at radius 3 is 2.57 bits per heavy atom. The molecule has 0 saturated carbocycles. The number of ether oxygens (including phenoxy) is 1. The van der Waals surface area contributed by atoms with Crippen molar-refractivity contribution in [2.45, 2.75) is 6.92 Å². The number of nitrogens with zero attached hydrogens (tertiary/aromatic N) is 4. The second-order valence-electron chi connectivity index (χ2n) is 7.36. The lowest BCUT2D eigenvalue weighted by Crippen LogP contribution is -2.50. The number of urea groups is 1. The van der Waals surface area contributed by atoms with E-state index in [1.54, 1.807) is 6.20 Å². The van der Waals surface area contributed by atoms with E-state index in [4.69, 9.17) is 4.74 Å². The molecule has 1 saturated heterocycles. The molecule has 2 heterocycles. The van der Waals surface area contributed by atoms with Gasteiger partial charge < -0.3 is 15.0 Å². The molecule has 1 fully saturated rings. The summed E-state index contributed by atoms with van der Waals surface area (Å²) < 4.78 is 7.62. The van der Waals surface area contributed by atoms with E-state index in [9.17, 15) is 4.79 Å². The van der Waals surface area contributed by atoms with Crippen LogP contribution in [0.15, 0.2) is 66.9 Å². The van der Waals surface area contributed by atoms with Crippen LogP contribution in [0.25, 0.3) is 5.69 Å². The topological polar surface area (TPSA) is 62.6 Å². The van der Waals surface area contributed by atoms with Crippen LogP contribution in [-0.2, 0) is 0 Å². The number of anilines is 1. The van der Waals surface area contributed by atoms with Gasteiger partial charge in [0.15, 0.2) is 0 Å². The third kappa shape index (κ3) is 4.99. The lowest BCUT2D eigenvalue weighted by atomic mass is 10.2. The van der Waals surface area contributed by atoms with Gasteiger partial charge in [-0.1, -0.05) is 24.3 Å². The summed E-state index contributed by atoms with van der Waals surface area (Å²) in [4.78, 5) is 16.9. The minimum absolute atomic E-state index is 0.0653. The van der Waals surface area contributed by atoms with Gasteiger partial charge in [-0.3, -0.25) is 4.90 Å². The van der Waals surface area contributed by atoms with E-state index in [-0.39, 0.29) is 6.03 Å². The number of piperazine rings is 1. The SMILES string of the molecule is Cc1ccnn1-c1cccc(NC(=O)N2CCN(CCOc3ccccc3)CC2)c1. The molecule has 4 rings (SSSR count). The standard InChI is InChI=1S/C23H27N5O2/c1-19-10-11-24-28(19)21-7-5-6-20(18-21)25-23(29)27-14-12-26(13-15-27)16-17-30-22-8-3-2-4-9-22/h2-11,18H,12-17H2,1H3,(H,25,29). The van der Waals surface area contributed by atoms with E-state index < -0.39 is 0 Å². The minimum atomic E-state index is -0.0653. The zero-order valence-electron chi connectivity index (χ0n) is 17.2. The number of amides is 2. The van der Waals surface area contributed by atoms with Crippen LogP contribution in [-0.4, -0.2) is 64.9 Å². The molecule has 0 aliphatic carbocycles. The maximum absolute atomic E-state index is 12.7. The second-order valence-corrected chi connectivity index (χ2v) is 7.36. The molecule has 1 aliphatic heterocycles. The van der Waals surface area contributed by atoms with Gasteiger partial charge in [-0.25, -0.2) is 9.48 Å². The molecular formula is C23H27N5O2. The van der Waals surface area contributed by atoms with Gasteiger partial charge in [0, 0.05) is 50.3 Å².